The van der Waals surface area contributed by atoms with E-state index in [1.165, 1.54) is 16.4 Å². The van der Waals surface area contributed by atoms with Gasteiger partial charge in [-0.3, -0.25) is 15.0 Å². The van der Waals surface area contributed by atoms with Crippen LogP contribution in [0.5, 0.6) is 11.5 Å². The van der Waals surface area contributed by atoms with E-state index in [1.54, 1.807) is 21.1 Å². The minimum Gasteiger partial charge on any atom is -0.497 e. The van der Waals surface area contributed by atoms with Crippen LogP contribution < -0.4 is 9.47 Å². The highest BCUT2D eigenvalue weighted by Crippen LogP contribution is 2.27. The van der Waals surface area contributed by atoms with Crippen LogP contribution in [0.2, 0.25) is 0 Å². The Morgan fingerprint density at radius 1 is 1.03 bits per heavy atom. The van der Waals surface area contributed by atoms with Gasteiger partial charge in [0.15, 0.2) is 0 Å². The Morgan fingerprint density at radius 2 is 1.73 bits per heavy atom. The zero-order valence-corrected chi connectivity index (χ0v) is 18.0. The van der Waals surface area contributed by atoms with Crippen molar-refractivity contribution in [3.63, 3.8) is 0 Å². The van der Waals surface area contributed by atoms with E-state index in [9.17, 15) is 18.5 Å². The second-order valence-corrected chi connectivity index (χ2v) is 9.00. The van der Waals surface area contributed by atoms with Gasteiger partial charge in [0, 0.05) is 49.9 Å². The molecule has 162 valence electrons. The van der Waals surface area contributed by atoms with Gasteiger partial charge in [0.1, 0.15) is 11.5 Å². The van der Waals surface area contributed by atoms with Gasteiger partial charge in [-0.1, -0.05) is 6.07 Å². The molecule has 1 fully saturated rings. The molecule has 0 unspecified atom stereocenters. The van der Waals surface area contributed by atoms with Crippen LogP contribution in [0.1, 0.15) is 11.1 Å². The quantitative estimate of drug-likeness (QED) is 0.486. The average molecular weight is 436 g/mol. The number of ether oxygens (including phenoxy) is 2. The number of aryl methyl sites for hydroxylation is 1. The van der Waals surface area contributed by atoms with Crippen LogP contribution in [0.15, 0.2) is 41.3 Å². The Balaban J connectivity index is 1.71. The zero-order chi connectivity index (χ0) is 21.9. The molecule has 1 saturated heterocycles. The first-order chi connectivity index (χ1) is 14.3. The Kier molecular flexibility index (Phi) is 6.59. The molecular formula is C20H25N3O6S. The molecule has 0 radical (unpaired) electrons. The molecule has 1 aliphatic rings. The molecule has 0 bridgehead atoms. The van der Waals surface area contributed by atoms with E-state index in [0.29, 0.717) is 38.3 Å². The fourth-order valence-electron chi connectivity index (χ4n) is 3.47. The summed E-state index contributed by atoms with van der Waals surface area (Å²) in [6.07, 6.45) is 0. The van der Waals surface area contributed by atoms with Crippen LogP contribution in [0, 0.1) is 17.0 Å². The zero-order valence-electron chi connectivity index (χ0n) is 17.2. The SMILES string of the molecule is COc1ccc(OC)c(CN2CCN(S(=O)(=O)c3ccc(C)c([N+](=O)[O-])c3)CC2)c1. The number of nitro groups is 1. The number of piperazine rings is 1. The predicted molar refractivity (Wildman–Crippen MR) is 111 cm³/mol. The van der Waals surface area contributed by atoms with E-state index in [-0.39, 0.29) is 10.6 Å². The third kappa shape index (κ3) is 4.55. The molecule has 0 saturated carbocycles. The standard InChI is InChI=1S/C20H25N3O6S/c1-15-4-6-18(13-19(15)23(24)25)30(26,27)22-10-8-21(9-11-22)14-16-12-17(28-2)5-7-20(16)29-3/h4-7,12-13H,8-11,14H2,1-3H3. The third-order valence-electron chi connectivity index (χ3n) is 5.23. The Bertz CT molecular complexity index is 1030. The van der Waals surface area contributed by atoms with Gasteiger partial charge >= 0.3 is 0 Å². The van der Waals surface area contributed by atoms with E-state index in [0.717, 1.165) is 23.1 Å². The Morgan fingerprint density at radius 3 is 2.33 bits per heavy atom. The number of sulfonamides is 1. The average Bonchev–Trinajstić information content (AvgIpc) is 2.74. The van der Waals surface area contributed by atoms with Crippen molar-refractivity contribution in [1.82, 2.24) is 9.21 Å². The van der Waals surface area contributed by atoms with Gasteiger partial charge in [-0.2, -0.15) is 4.31 Å². The fourth-order valence-corrected chi connectivity index (χ4v) is 4.91. The van der Waals surface area contributed by atoms with E-state index in [2.05, 4.69) is 4.90 Å². The highest BCUT2D eigenvalue weighted by molar-refractivity contribution is 7.89. The number of nitrogens with zero attached hydrogens (tertiary/aromatic N) is 3. The van der Waals surface area contributed by atoms with Gasteiger partial charge in [0.2, 0.25) is 10.0 Å². The molecule has 10 heteroatoms. The molecule has 3 rings (SSSR count). The van der Waals surface area contributed by atoms with Gasteiger partial charge in [-0.05, 0) is 31.2 Å². The molecule has 1 heterocycles. The van der Waals surface area contributed by atoms with Crippen molar-refractivity contribution < 1.29 is 22.8 Å². The lowest BCUT2D eigenvalue weighted by molar-refractivity contribution is -0.385. The number of benzene rings is 2. The fraction of sp³-hybridized carbons (Fsp3) is 0.400. The Labute approximate surface area is 176 Å². The number of methoxy groups -OCH3 is 2. The summed E-state index contributed by atoms with van der Waals surface area (Å²) in [4.78, 5) is 12.7. The minimum atomic E-state index is -3.80. The number of nitro benzene ring substituents is 1. The van der Waals surface area contributed by atoms with Crippen molar-refractivity contribution in [2.75, 3.05) is 40.4 Å². The van der Waals surface area contributed by atoms with Crippen molar-refractivity contribution in [3.05, 3.63) is 57.6 Å². The summed E-state index contributed by atoms with van der Waals surface area (Å²) >= 11 is 0. The lowest BCUT2D eigenvalue weighted by Crippen LogP contribution is -2.48. The summed E-state index contributed by atoms with van der Waals surface area (Å²) in [5.41, 5.74) is 1.19. The monoisotopic (exact) mass is 435 g/mol. The summed E-state index contributed by atoms with van der Waals surface area (Å²) in [6.45, 7) is 3.86. The molecule has 0 aromatic heterocycles. The molecule has 9 nitrogen and oxygen atoms in total. The van der Waals surface area contributed by atoms with Crippen LogP contribution in [-0.2, 0) is 16.6 Å². The summed E-state index contributed by atoms with van der Waals surface area (Å²) in [7, 11) is -0.588. The van der Waals surface area contributed by atoms with Crippen LogP contribution in [-0.4, -0.2) is 62.9 Å². The molecule has 0 N–H and O–H groups in total. The van der Waals surface area contributed by atoms with Crippen LogP contribution in [0.3, 0.4) is 0 Å². The number of rotatable bonds is 7. The lowest BCUT2D eigenvalue weighted by atomic mass is 10.1. The second-order valence-electron chi connectivity index (χ2n) is 7.06. The summed E-state index contributed by atoms with van der Waals surface area (Å²) in [5.74, 6) is 1.48. The first kappa shape index (κ1) is 22.0. The molecule has 0 atom stereocenters. The maximum absolute atomic E-state index is 13.0. The van der Waals surface area contributed by atoms with Crippen molar-refractivity contribution in [2.24, 2.45) is 0 Å². The largest absolute Gasteiger partial charge is 0.497 e. The molecule has 0 amide bonds. The van der Waals surface area contributed by atoms with Crippen LogP contribution in [0.4, 0.5) is 5.69 Å². The normalized spacial score (nSPS) is 15.7. The molecule has 30 heavy (non-hydrogen) atoms. The third-order valence-corrected chi connectivity index (χ3v) is 7.12. The summed E-state index contributed by atoms with van der Waals surface area (Å²) < 4.78 is 38.0. The Hall–Kier alpha value is -2.69. The van der Waals surface area contributed by atoms with Crippen molar-refractivity contribution >= 4 is 15.7 Å². The van der Waals surface area contributed by atoms with E-state index >= 15 is 0 Å². The first-order valence-corrected chi connectivity index (χ1v) is 10.9. The van der Waals surface area contributed by atoms with Gasteiger partial charge in [0.05, 0.1) is 24.0 Å². The summed E-state index contributed by atoms with van der Waals surface area (Å²) in [6, 6.07) is 9.61. The van der Waals surface area contributed by atoms with Crippen molar-refractivity contribution in [2.45, 2.75) is 18.4 Å². The topological polar surface area (TPSA) is 102 Å². The van der Waals surface area contributed by atoms with E-state index in [1.807, 2.05) is 18.2 Å². The molecule has 0 spiro atoms. The van der Waals surface area contributed by atoms with E-state index in [4.69, 9.17) is 9.47 Å². The second kappa shape index (κ2) is 8.99. The van der Waals surface area contributed by atoms with Gasteiger partial charge in [0.25, 0.3) is 5.69 Å². The molecule has 1 aliphatic heterocycles. The van der Waals surface area contributed by atoms with Crippen LogP contribution in [0.25, 0.3) is 0 Å². The molecule has 2 aromatic carbocycles. The molecule has 0 aliphatic carbocycles. The maximum Gasteiger partial charge on any atom is 0.273 e. The maximum atomic E-state index is 13.0. The predicted octanol–water partition coefficient (Wildman–Crippen LogP) is 2.43. The van der Waals surface area contributed by atoms with E-state index < -0.39 is 14.9 Å². The first-order valence-electron chi connectivity index (χ1n) is 9.44. The smallest absolute Gasteiger partial charge is 0.273 e. The van der Waals surface area contributed by atoms with Crippen molar-refractivity contribution in [3.8, 4) is 11.5 Å². The molecular weight excluding hydrogens is 410 g/mol. The van der Waals surface area contributed by atoms with Crippen LogP contribution >= 0.6 is 0 Å². The van der Waals surface area contributed by atoms with Gasteiger partial charge in [-0.25, -0.2) is 8.42 Å². The van der Waals surface area contributed by atoms with Crippen molar-refractivity contribution in [1.29, 1.82) is 0 Å². The summed E-state index contributed by atoms with van der Waals surface area (Å²) in [5, 5.41) is 11.2. The van der Waals surface area contributed by atoms with Gasteiger partial charge < -0.3 is 9.47 Å². The lowest BCUT2D eigenvalue weighted by Gasteiger charge is -2.34. The number of hydrogen-bond donors (Lipinski definition) is 0. The van der Waals surface area contributed by atoms with Gasteiger partial charge in [-0.15, -0.1) is 0 Å². The molecule has 2 aromatic rings. The number of hydrogen-bond acceptors (Lipinski definition) is 7. The highest BCUT2D eigenvalue weighted by Gasteiger charge is 2.30. The highest BCUT2D eigenvalue weighted by atomic mass is 32.2. The minimum absolute atomic E-state index is 0.0530.